The number of aliphatic hydroxyl groups excluding tert-OH is 1. The third kappa shape index (κ3) is 1.80. The lowest BCUT2D eigenvalue weighted by Gasteiger charge is -2.33. The van der Waals surface area contributed by atoms with Gasteiger partial charge in [0.2, 0.25) is 0 Å². The van der Waals surface area contributed by atoms with Crippen molar-refractivity contribution in [1.82, 2.24) is 5.32 Å². The van der Waals surface area contributed by atoms with Crippen LogP contribution in [0.25, 0.3) is 0 Å². The van der Waals surface area contributed by atoms with Crippen molar-refractivity contribution in [3.05, 3.63) is 0 Å². The van der Waals surface area contributed by atoms with Crippen molar-refractivity contribution in [2.75, 3.05) is 19.3 Å². The number of nitrogens with one attached hydrogen (secondary N) is 1. The van der Waals surface area contributed by atoms with E-state index < -0.39 is 10.8 Å². The maximum absolute atomic E-state index is 11.3. The van der Waals surface area contributed by atoms with Gasteiger partial charge in [0.1, 0.15) is 0 Å². The van der Waals surface area contributed by atoms with E-state index in [4.69, 9.17) is 0 Å². The molecule has 0 aromatic rings. The van der Waals surface area contributed by atoms with Crippen LogP contribution in [0.5, 0.6) is 0 Å². The van der Waals surface area contributed by atoms with Gasteiger partial charge < -0.3 is 10.4 Å². The van der Waals surface area contributed by atoms with E-state index in [1.54, 1.807) is 6.26 Å². The minimum Gasteiger partial charge on any atom is -0.392 e. The molecule has 4 heteroatoms. The summed E-state index contributed by atoms with van der Waals surface area (Å²) in [5, 5.41) is 13.1. The minimum absolute atomic E-state index is 0.0150. The van der Waals surface area contributed by atoms with Gasteiger partial charge in [-0.15, -0.1) is 0 Å². The molecule has 1 aliphatic carbocycles. The fraction of sp³-hybridized carbons (Fsp3) is 1.00. The topological polar surface area (TPSA) is 49.3 Å². The Kier molecular flexibility index (Phi) is 2.72. The minimum atomic E-state index is -0.869. The molecule has 0 bridgehead atoms. The van der Waals surface area contributed by atoms with E-state index in [1.165, 1.54) is 0 Å². The van der Waals surface area contributed by atoms with E-state index in [0.29, 0.717) is 11.8 Å². The van der Waals surface area contributed by atoms with E-state index in [0.717, 1.165) is 25.9 Å². The highest BCUT2D eigenvalue weighted by Gasteiger charge is 2.40. The molecule has 5 unspecified atom stereocenters. The summed E-state index contributed by atoms with van der Waals surface area (Å²) in [6.45, 7) is 2.08. The van der Waals surface area contributed by atoms with E-state index in [1.807, 2.05) is 0 Å². The molecular formula is C9H17NO2S. The Balaban J connectivity index is 2.05. The second kappa shape index (κ2) is 3.67. The maximum Gasteiger partial charge on any atom is 0.0686 e. The van der Waals surface area contributed by atoms with Gasteiger partial charge in [0.15, 0.2) is 0 Å². The number of aliphatic hydroxyl groups is 1. The first kappa shape index (κ1) is 9.62. The van der Waals surface area contributed by atoms with Gasteiger partial charge in [-0.3, -0.25) is 4.21 Å². The van der Waals surface area contributed by atoms with Crippen molar-refractivity contribution in [1.29, 1.82) is 0 Å². The predicted octanol–water partition coefficient (Wildman–Crippen LogP) is -0.276. The smallest absolute Gasteiger partial charge is 0.0686 e. The molecule has 1 heterocycles. The summed E-state index contributed by atoms with van der Waals surface area (Å²) in [7, 11) is -0.869. The molecule has 3 nitrogen and oxygen atoms in total. The second-order valence-corrected chi connectivity index (χ2v) is 5.86. The molecule has 2 fully saturated rings. The van der Waals surface area contributed by atoms with Crippen LogP contribution in [0.4, 0.5) is 0 Å². The number of rotatable bonds is 1. The molecule has 0 radical (unpaired) electrons. The zero-order valence-electron chi connectivity index (χ0n) is 7.90. The third-order valence-corrected chi connectivity index (χ3v) is 4.77. The van der Waals surface area contributed by atoms with Crippen LogP contribution in [0.2, 0.25) is 0 Å². The van der Waals surface area contributed by atoms with E-state index in [9.17, 15) is 9.32 Å². The third-order valence-electron chi connectivity index (χ3n) is 3.41. The van der Waals surface area contributed by atoms with Gasteiger partial charge in [-0.1, -0.05) is 0 Å². The Hall–Kier alpha value is 0.0700. The molecule has 76 valence electrons. The SMILES string of the molecule is CS(=O)C1CC2CNCC2CC1O. The van der Waals surface area contributed by atoms with Crippen LogP contribution in [0.1, 0.15) is 12.8 Å². The van der Waals surface area contributed by atoms with Gasteiger partial charge in [0, 0.05) is 17.1 Å². The van der Waals surface area contributed by atoms with Gasteiger partial charge >= 0.3 is 0 Å². The van der Waals surface area contributed by atoms with E-state index in [2.05, 4.69) is 5.32 Å². The summed E-state index contributed by atoms with van der Waals surface area (Å²) in [5.41, 5.74) is 0. The molecular weight excluding hydrogens is 186 g/mol. The van der Waals surface area contributed by atoms with Crippen LogP contribution in [-0.4, -0.2) is 40.0 Å². The monoisotopic (exact) mass is 203 g/mol. The van der Waals surface area contributed by atoms with Crippen molar-refractivity contribution >= 4 is 10.8 Å². The molecule has 2 rings (SSSR count). The Morgan fingerprint density at radius 3 is 2.54 bits per heavy atom. The summed E-state index contributed by atoms with van der Waals surface area (Å²) in [6, 6.07) is 0. The molecule has 0 spiro atoms. The molecule has 13 heavy (non-hydrogen) atoms. The summed E-state index contributed by atoms with van der Waals surface area (Å²) in [6.07, 6.45) is 3.13. The van der Waals surface area contributed by atoms with Crippen molar-refractivity contribution in [3.63, 3.8) is 0 Å². The standard InChI is InChI=1S/C9H17NO2S/c1-13(12)9-3-7-5-10-4-6(7)2-8(9)11/h6-11H,2-5H2,1H3. The van der Waals surface area contributed by atoms with Crippen molar-refractivity contribution in [3.8, 4) is 0 Å². The number of hydrogen-bond donors (Lipinski definition) is 2. The highest BCUT2D eigenvalue weighted by atomic mass is 32.2. The lowest BCUT2D eigenvalue weighted by Crippen LogP contribution is -2.40. The fourth-order valence-corrected chi connectivity index (χ4v) is 3.68. The normalized spacial score (nSPS) is 47.2. The highest BCUT2D eigenvalue weighted by Crippen LogP contribution is 2.34. The molecule has 0 amide bonds. The van der Waals surface area contributed by atoms with E-state index in [-0.39, 0.29) is 11.4 Å². The van der Waals surface area contributed by atoms with Crippen LogP contribution in [0.3, 0.4) is 0 Å². The first-order chi connectivity index (χ1) is 6.18. The van der Waals surface area contributed by atoms with Gasteiger partial charge in [0.05, 0.1) is 11.4 Å². The molecule has 0 aromatic carbocycles. The molecule has 0 aromatic heterocycles. The van der Waals surface area contributed by atoms with Crippen LogP contribution >= 0.6 is 0 Å². The lowest BCUT2D eigenvalue weighted by atomic mass is 9.80. The van der Waals surface area contributed by atoms with Gasteiger partial charge in [0.25, 0.3) is 0 Å². The fourth-order valence-electron chi connectivity index (χ4n) is 2.61. The van der Waals surface area contributed by atoms with Gasteiger partial charge in [-0.05, 0) is 37.8 Å². The zero-order chi connectivity index (χ0) is 9.42. The largest absolute Gasteiger partial charge is 0.392 e. The Labute approximate surface area is 81.4 Å². The first-order valence-corrected chi connectivity index (χ1v) is 6.51. The summed E-state index contributed by atoms with van der Waals surface area (Å²) in [4.78, 5) is 0. The summed E-state index contributed by atoms with van der Waals surface area (Å²) >= 11 is 0. The van der Waals surface area contributed by atoms with Gasteiger partial charge in [-0.25, -0.2) is 0 Å². The quantitative estimate of drug-likeness (QED) is 0.616. The van der Waals surface area contributed by atoms with Crippen molar-refractivity contribution < 1.29 is 9.32 Å². The Morgan fingerprint density at radius 2 is 1.92 bits per heavy atom. The second-order valence-electron chi connectivity index (χ2n) is 4.25. The Bertz CT molecular complexity index is 222. The summed E-state index contributed by atoms with van der Waals surface area (Å²) < 4.78 is 11.3. The molecule has 2 N–H and O–H groups in total. The van der Waals surface area contributed by atoms with Crippen LogP contribution < -0.4 is 5.32 Å². The lowest BCUT2D eigenvalue weighted by molar-refractivity contribution is 0.0919. The number of fused-ring (bicyclic) bond motifs is 1. The molecule has 2 aliphatic rings. The summed E-state index contributed by atoms with van der Waals surface area (Å²) in [5.74, 6) is 1.27. The van der Waals surface area contributed by atoms with Crippen molar-refractivity contribution in [2.45, 2.75) is 24.2 Å². The van der Waals surface area contributed by atoms with Crippen molar-refractivity contribution in [2.24, 2.45) is 11.8 Å². The van der Waals surface area contributed by atoms with Crippen LogP contribution in [0.15, 0.2) is 0 Å². The van der Waals surface area contributed by atoms with Crippen LogP contribution in [0, 0.1) is 11.8 Å². The highest BCUT2D eigenvalue weighted by molar-refractivity contribution is 7.84. The molecule has 5 atom stereocenters. The average Bonchev–Trinajstić information content (AvgIpc) is 2.48. The first-order valence-electron chi connectivity index (χ1n) is 4.89. The number of hydrogen-bond acceptors (Lipinski definition) is 3. The Morgan fingerprint density at radius 1 is 1.31 bits per heavy atom. The zero-order valence-corrected chi connectivity index (χ0v) is 8.72. The van der Waals surface area contributed by atoms with Crippen LogP contribution in [-0.2, 0) is 10.8 Å². The van der Waals surface area contributed by atoms with E-state index >= 15 is 0 Å². The average molecular weight is 203 g/mol. The maximum atomic E-state index is 11.3. The van der Waals surface area contributed by atoms with Gasteiger partial charge in [-0.2, -0.15) is 0 Å². The molecule has 1 aliphatic heterocycles. The molecule has 1 saturated carbocycles. The predicted molar refractivity (Wildman–Crippen MR) is 52.9 cm³/mol. The molecule has 1 saturated heterocycles.